The number of amides is 2. The summed E-state index contributed by atoms with van der Waals surface area (Å²) in [7, 11) is 0. The number of ether oxygens (including phenoxy) is 1. The maximum Gasteiger partial charge on any atom is 0.321 e. The number of likely N-dealkylation sites (tertiary alicyclic amines) is 1. The van der Waals surface area contributed by atoms with Crippen LogP contribution >= 0.6 is 0 Å². The van der Waals surface area contributed by atoms with Crippen LogP contribution in [0.25, 0.3) is 0 Å². The number of carbonyl (C=O) groups excluding carboxylic acids is 3. The number of urea groups is 1. The fraction of sp³-hybridized carbons (Fsp3) is 0.654. The smallest absolute Gasteiger partial charge is 0.321 e. The highest BCUT2D eigenvalue weighted by atomic mass is 16.5. The number of nitrogens with zero attached hydrogens (tertiary/aromatic N) is 1. The molecule has 6 heteroatoms. The van der Waals surface area contributed by atoms with Crippen molar-refractivity contribution in [3.8, 4) is 0 Å². The van der Waals surface area contributed by atoms with Crippen molar-refractivity contribution in [1.82, 2.24) is 4.90 Å². The molecule has 1 heterocycles. The lowest BCUT2D eigenvalue weighted by Gasteiger charge is -2.56. The van der Waals surface area contributed by atoms with E-state index in [0.717, 1.165) is 31.4 Å². The lowest BCUT2D eigenvalue weighted by atomic mass is 9.48. The van der Waals surface area contributed by atoms with Gasteiger partial charge in [0.2, 0.25) is 0 Å². The van der Waals surface area contributed by atoms with Crippen molar-refractivity contribution in [3.63, 3.8) is 0 Å². The van der Waals surface area contributed by atoms with Gasteiger partial charge in [0.05, 0.1) is 5.92 Å². The van der Waals surface area contributed by atoms with Gasteiger partial charge in [-0.25, -0.2) is 4.79 Å². The number of anilines is 1. The molecule has 6 nitrogen and oxygen atoms in total. The second-order valence-electron chi connectivity index (χ2n) is 10.7. The van der Waals surface area contributed by atoms with Gasteiger partial charge in [0, 0.05) is 24.2 Å². The Bertz CT molecular complexity index is 848. The topological polar surface area (TPSA) is 75.7 Å². The third-order valence-electron chi connectivity index (χ3n) is 8.29. The molecular formula is C26H34N2O4. The quantitative estimate of drug-likeness (QED) is 0.679. The molecule has 1 saturated heterocycles. The summed E-state index contributed by atoms with van der Waals surface area (Å²) in [5.41, 5.74) is 0.472. The molecule has 1 aliphatic heterocycles. The van der Waals surface area contributed by atoms with E-state index in [1.807, 2.05) is 30.3 Å². The number of piperidine rings is 1. The predicted molar refractivity (Wildman–Crippen MR) is 121 cm³/mol. The first-order valence-electron chi connectivity index (χ1n) is 12.3. The first-order chi connectivity index (χ1) is 15.4. The van der Waals surface area contributed by atoms with E-state index >= 15 is 0 Å². The van der Waals surface area contributed by atoms with Gasteiger partial charge in [0.1, 0.15) is 0 Å². The van der Waals surface area contributed by atoms with Crippen LogP contribution in [0.4, 0.5) is 10.5 Å². The number of para-hydroxylation sites is 1. The van der Waals surface area contributed by atoms with Crippen LogP contribution in [0.15, 0.2) is 30.3 Å². The number of carbonyl (C=O) groups is 3. The number of rotatable bonds is 5. The number of esters is 1. The van der Waals surface area contributed by atoms with Gasteiger partial charge in [-0.2, -0.15) is 0 Å². The van der Waals surface area contributed by atoms with Gasteiger partial charge in [-0.05, 0) is 88.2 Å². The van der Waals surface area contributed by atoms with Crippen LogP contribution in [-0.4, -0.2) is 41.9 Å². The number of Topliss-reactive ketones (excluding diaryl/α,β-unsaturated/α-hetero) is 1. The Morgan fingerprint density at radius 3 is 2.28 bits per heavy atom. The summed E-state index contributed by atoms with van der Waals surface area (Å²) in [5.74, 6) is 1.47. The molecule has 4 aliphatic carbocycles. The van der Waals surface area contributed by atoms with Crippen LogP contribution in [0.5, 0.6) is 0 Å². The predicted octanol–water partition coefficient (Wildman–Crippen LogP) is 4.65. The molecule has 4 bridgehead atoms. The normalized spacial score (nSPS) is 34.1. The molecule has 2 amide bonds. The minimum Gasteiger partial charge on any atom is -0.454 e. The van der Waals surface area contributed by atoms with Crippen LogP contribution in [0.3, 0.4) is 0 Å². The van der Waals surface area contributed by atoms with Crippen LogP contribution < -0.4 is 5.32 Å². The molecule has 0 spiro atoms. The molecule has 4 saturated carbocycles. The van der Waals surface area contributed by atoms with E-state index in [1.54, 1.807) is 11.8 Å². The lowest BCUT2D eigenvalue weighted by molar-refractivity contribution is -0.168. The summed E-state index contributed by atoms with van der Waals surface area (Å²) >= 11 is 0. The fourth-order valence-corrected chi connectivity index (χ4v) is 7.25. The van der Waals surface area contributed by atoms with Crippen molar-refractivity contribution >= 4 is 23.5 Å². The van der Waals surface area contributed by atoms with Crippen molar-refractivity contribution in [1.29, 1.82) is 0 Å². The summed E-state index contributed by atoms with van der Waals surface area (Å²) < 4.78 is 5.74. The third kappa shape index (κ3) is 4.16. The molecule has 0 radical (unpaired) electrons. The summed E-state index contributed by atoms with van der Waals surface area (Å²) in [6.45, 7) is 2.70. The molecule has 2 atom stereocenters. The van der Waals surface area contributed by atoms with Crippen molar-refractivity contribution in [2.24, 2.45) is 29.1 Å². The maximum atomic E-state index is 13.4. The monoisotopic (exact) mass is 438 g/mol. The van der Waals surface area contributed by atoms with E-state index in [4.69, 9.17) is 4.74 Å². The average molecular weight is 439 g/mol. The van der Waals surface area contributed by atoms with Gasteiger partial charge in [-0.3, -0.25) is 9.59 Å². The average Bonchev–Trinajstić information content (AvgIpc) is 2.78. The van der Waals surface area contributed by atoms with Crippen LogP contribution in [0, 0.1) is 29.1 Å². The van der Waals surface area contributed by atoms with Crippen molar-refractivity contribution in [2.75, 3.05) is 18.4 Å². The SMILES string of the molecule is C[C@H](OC(=O)[C@H]1CCCN(C(=O)Nc2ccccc2)C1)C(=O)C12CC3CC(CC(C3)C1)C2. The summed E-state index contributed by atoms with van der Waals surface area (Å²) in [5, 5.41) is 2.89. The van der Waals surface area contributed by atoms with Gasteiger partial charge >= 0.3 is 12.0 Å². The zero-order valence-corrected chi connectivity index (χ0v) is 18.9. The highest BCUT2D eigenvalue weighted by molar-refractivity contribution is 5.92. The molecular weight excluding hydrogens is 404 g/mol. The minimum absolute atomic E-state index is 0.138. The van der Waals surface area contributed by atoms with Gasteiger partial charge in [0.25, 0.3) is 0 Å². The molecule has 6 rings (SSSR count). The minimum atomic E-state index is -0.702. The first kappa shape index (κ1) is 21.5. The number of benzene rings is 1. The molecule has 5 aliphatic rings. The third-order valence-corrected chi connectivity index (χ3v) is 8.29. The highest BCUT2D eigenvalue weighted by Gasteiger charge is 2.55. The van der Waals surface area contributed by atoms with Gasteiger partial charge < -0.3 is 15.0 Å². The number of ketones is 1. The summed E-state index contributed by atoms with van der Waals surface area (Å²) in [4.78, 5) is 40.7. The first-order valence-corrected chi connectivity index (χ1v) is 12.3. The van der Waals surface area contributed by atoms with E-state index in [1.165, 1.54) is 19.3 Å². The van der Waals surface area contributed by atoms with Gasteiger partial charge in [-0.15, -0.1) is 0 Å². The number of hydrogen-bond acceptors (Lipinski definition) is 4. The molecule has 1 N–H and O–H groups in total. The second kappa shape index (κ2) is 8.53. The highest BCUT2D eigenvalue weighted by Crippen LogP contribution is 2.60. The van der Waals surface area contributed by atoms with E-state index in [0.29, 0.717) is 37.3 Å². The molecule has 0 aromatic heterocycles. The van der Waals surface area contributed by atoms with E-state index < -0.39 is 6.10 Å². The molecule has 0 unspecified atom stereocenters. The lowest BCUT2D eigenvalue weighted by Crippen LogP contribution is -2.53. The van der Waals surface area contributed by atoms with E-state index in [2.05, 4.69) is 5.32 Å². The van der Waals surface area contributed by atoms with Gasteiger partial charge in [0.15, 0.2) is 11.9 Å². The Morgan fingerprint density at radius 2 is 1.66 bits per heavy atom. The Hall–Kier alpha value is -2.37. The Kier molecular flexibility index (Phi) is 5.72. The Balaban J connectivity index is 1.17. The van der Waals surface area contributed by atoms with E-state index in [-0.39, 0.29) is 29.1 Å². The molecule has 32 heavy (non-hydrogen) atoms. The molecule has 5 fully saturated rings. The molecule has 1 aromatic rings. The van der Waals surface area contributed by atoms with Crippen LogP contribution in [0.1, 0.15) is 58.3 Å². The maximum absolute atomic E-state index is 13.4. The second-order valence-corrected chi connectivity index (χ2v) is 10.7. The largest absolute Gasteiger partial charge is 0.454 e. The van der Waals surface area contributed by atoms with Crippen LogP contribution in [-0.2, 0) is 14.3 Å². The Morgan fingerprint density at radius 1 is 1.03 bits per heavy atom. The fourth-order valence-electron chi connectivity index (χ4n) is 7.25. The standard InChI is InChI=1S/C26H34N2O4/c1-17(23(29)26-13-18-10-19(14-26)12-20(11-18)15-26)32-24(30)21-6-5-9-28(16-21)25(31)27-22-7-3-2-4-8-22/h2-4,7-8,17-21H,5-6,9-16H2,1H3,(H,27,31)/t17-,18?,19?,20?,21-,26?/m0/s1. The summed E-state index contributed by atoms with van der Waals surface area (Å²) in [6, 6.07) is 9.11. The zero-order valence-electron chi connectivity index (χ0n) is 18.9. The molecule has 1 aromatic carbocycles. The Labute approximate surface area is 190 Å². The zero-order chi connectivity index (χ0) is 22.3. The molecule has 172 valence electrons. The number of hydrogen-bond donors (Lipinski definition) is 1. The van der Waals surface area contributed by atoms with Crippen LogP contribution in [0.2, 0.25) is 0 Å². The summed E-state index contributed by atoms with van der Waals surface area (Å²) in [6.07, 6.45) is 7.53. The number of nitrogens with one attached hydrogen (secondary N) is 1. The van der Waals surface area contributed by atoms with Crippen molar-refractivity contribution < 1.29 is 19.1 Å². The van der Waals surface area contributed by atoms with Gasteiger partial charge in [-0.1, -0.05) is 18.2 Å². The van der Waals surface area contributed by atoms with E-state index in [9.17, 15) is 14.4 Å². The van der Waals surface area contributed by atoms with Crippen molar-refractivity contribution in [3.05, 3.63) is 30.3 Å². The van der Waals surface area contributed by atoms with Crippen molar-refractivity contribution in [2.45, 2.75) is 64.4 Å².